The van der Waals surface area contributed by atoms with Crippen molar-refractivity contribution in [3.63, 3.8) is 0 Å². The Morgan fingerprint density at radius 1 is 0.758 bits per heavy atom. The van der Waals surface area contributed by atoms with Crippen LogP contribution in [-0.4, -0.2) is 16.9 Å². The Labute approximate surface area is 194 Å². The number of aromatic amines is 1. The maximum atomic E-state index is 12.8. The maximum absolute atomic E-state index is 12.8. The van der Waals surface area contributed by atoms with Gasteiger partial charge in [-0.15, -0.1) is 0 Å². The molecular formula is C28H32F3NO. The summed E-state index contributed by atoms with van der Waals surface area (Å²) in [6, 6.07) is 17.8. The first-order valence-electron chi connectivity index (χ1n) is 11.2. The Morgan fingerprint density at radius 2 is 1.21 bits per heavy atom. The smallest absolute Gasteiger partial charge is 0.352 e. The van der Waals surface area contributed by atoms with Gasteiger partial charge in [-0.1, -0.05) is 90.1 Å². The van der Waals surface area contributed by atoms with Crippen molar-refractivity contribution in [2.45, 2.75) is 71.4 Å². The molecule has 1 aromatic heterocycles. The van der Waals surface area contributed by atoms with Gasteiger partial charge in [0.2, 0.25) is 0 Å². The summed E-state index contributed by atoms with van der Waals surface area (Å²) in [5, 5.41) is 0. The molecule has 0 bridgehead atoms. The third-order valence-electron chi connectivity index (χ3n) is 5.86. The lowest BCUT2D eigenvalue weighted by Gasteiger charge is -2.19. The van der Waals surface area contributed by atoms with Gasteiger partial charge in [-0.05, 0) is 39.2 Å². The Balaban J connectivity index is 2.03. The number of hydrogen-bond acceptors (Lipinski definition) is 1. The van der Waals surface area contributed by atoms with E-state index in [0.717, 1.165) is 16.7 Å². The molecule has 0 atom stereocenters. The van der Waals surface area contributed by atoms with E-state index in [4.69, 9.17) is 0 Å². The summed E-state index contributed by atoms with van der Waals surface area (Å²) in [6.07, 6.45) is -6.09. The Bertz CT molecular complexity index is 1110. The molecule has 0 unspecified atom stereocenters. The minimum Gasteiger partial charge on any atom is -0.352 e. The Hall–Kier alpha value is -2.82. The predicted molar refractivity (Wildman–Crippen MR) is 129 cm³/mol. The molecule has 5 heteroatoms. The molecule has 0 aliphatic carbocycles. The number of halogens is 3. The molecule has 1 heterocycles. The van der Waals surface area contributed by atoms with Crippen molar-refractivity contribution < 1.29 is 18.0 Å². The summed E-state index contributed by atoms with van der Waals surface area (Å²) in [5.74, 6) is -0.542. The van der Waals surface area contributed by atoms with E-state index in [2.05, 4.69) is 46.5 Å². The number of rotatable bonds is 5. The van der Waals surface area contributed by atoms with E-state index in [1.807, 2.05) is 54.6 Å². The summed E-state index contributed by atoms with van der Waals surface area (Å²) < 4.78 is 38.3. The van der Waals surface area contributed by atoms with Crippen LogP contribution in [0.5, 0.6) is 0 Å². The van der Waals surface area contributed by atoms with Gasteiger partial charge in [-0.3, -0.25) is 4.79 Å². The summed E-state index contributed by atoms with van der Waals surface area (Å²) in [6.45, 7) is 12.7. The number of alkyl halides is 3. The number of aromatic nitrogens is 1. The van der Waals surface area contributed by atoms with Gasteiger partial charge in [0.25, 0.3) is 0 Å². The van der Waals surface area contributed by atoms with Crippen molar-refractivity contribution in [3.05, 3.63) is 71.4 Å². The van der Waals surface area contributed by atoms with Crippen molar-refractivity contribution in [1.82, 2.24) is 4.98 Å². The summed E-state index contributed by atoms with van der Waals surface area (Å²) >= 11 is 0. The number of Topliss-reactive ketones (excluding diaryl/α,β-unsaturated/α-hetero) is 1. The van der Waals surface area contributed by atoms with Crippen LogP contribution in [0.1, 0.15) is 76.0 Å². The second kappa shape index (κ2) is 8.85. The highest BCUT2D eigenvalue weighted by atomic mass is 19.4. The predicted octanol–water partition coefficient (Wildman–Crippen LogP) is 8.47. The average molecular weight is 456 g/mol. The third-order valence-corrected chi connectivity index (χ3v) is 5.86. The summed E-state index contributed by atoms with van der Waals surface area (Å²) in [5.41, 5.74) is 5.53. The minimum atomic E-state index is -4.37. The lowest BCUT2D eigenvalue weighted by molar-refractivity contribution is -0.133. The van der Waals surface area contributed by atoms with Crippen LogP contribution in [0.25, 0.3) is 22.4 Å². The number of ketones is 1. The van der Waals surface area contributed by atoms with Crippen molar-refractivity contribution in [3.8, 4) is 22.4 Å². The normalized spacial score (nSPS) is 12.8. The zero-order valence-electron chi connectivity index (χ0n) is 20.2. The number of hydrogen-bond donors (Lipinski definition) is 1. The quantitative estimate of drug-likeness (QED) is 0.385. The zero-order valence-corrected chi connectivity index (χ0v) is 20.2. The van der Waals surface area contributed by atoms with Gasteiger partial charge in [-0.25, -0.2) is 0 Å². The summed E-state index contributed by atoms with van der Waals surface area (Å²) in [7, 11) is 0. The molecule has 0 spiro atoms. The fraction of sp³-hybridized carbons (Fsp3) is 0.393. The molecule has 2 nitrogen and oxygen atoms in total. The number of carbonyl (C=O) groups is 1. The molecule has 3 aromatic rings. The molecule has 2 aromatic carbocycles. The molecule has 0 aliphatic rings. The van der Waals surface area contributed by atoms with Gasteiger partial charge < -0.3 is 4.98 Å². The number of nitrogens with one attached hydrogen (secondary N) is 1. The van der Waals surface area contributed by atoms with Crippen molar-refractivity contribution in [2.24, 2.45) is 0 Å². The first kappa shape index (κ1) is 24.8. The monoisotopic (exact) mass is 455 g/mol. The minimum absolute atomic E-state index is 0.00689. The Morgan fingerprint density at radius 3 is 1.64 bits per heavy atom. The van der Waals surface area contributed by atoms with Crippen LogP contribution in [-0.2, 0) is 10.8 Å². The Kier molecular flexibility index (Phi) is 6.65. The second-order valence-corrected chi connectivity index (χ2v) is 10.7. The van der Waals surface area contributed by atoms with Crippen LogP contribution in [0, 0.1) is 0 Å². The molecule has 0 amide bonds. The topological polar surface area (TPSA) is 32.9 Å². The van der Waals surface area contributed by atoms with Crippen molar-refractivity contribution in [2.75, 3.05) is 0 Å². The van der Waals surface area contributed by atoms with Gasteiger partial charge >= 0.3 is 6.18 Å². The molecule has 0 saturated carbocycles. The van der Waals surface area contributed by atoms with Crippen molar-refractivity contribution >= 4 is 5.78 Å². The first-order chi connectivity index (χ1) is 15.1. The van der Waals surface area contributed by atoms with Gasteiger partial charge in [0, 0.05) is 17.7 Å². The number of carbonyl (C=O) groups excluding carboxylic acids is 1. The van der Waals surface area contributed by atoms with Crippen LogP contribution in [0.4, 0.5) is 13.2 Å². The van der Waals surface area contributed by atoms with Crippen LogP contribution in [0.2, 0.25) is 0 Å². The van der Waals surface area contributed by atoms with E-state index < -0.39 is 24.8 Å². The average Bonchev–Trinajstić information content (AvgIpc) is 3.16. The molecule has 176 valence electrons. The van der Waals surface area contributed by atoms with Gasteiger partial charge in [0.15, 0.2) is 5.78 Å². The highest BCUT2D eigenvalue weighted by molar-refractivity contribution is 6.02. The van der Waals surface area contributed by atoms with Gasteiger partial charge in [-0.2, -0.15) is 13.2 Å². The molecule has 0 saturated heterocycles. The largest absolute Gasteiger partial charge is 0.389 e. The standard InChI is InChI=1S/C28H32F3NO/c1-26(2,3)20-11-7-18(8-12-20)22-17-23(19-9-13-21(14-10-19)27(4,5)6)32-25(22)24(33)15-16-28(29,30)31/h7-14,17,32H,15-16H2,1-6H3. The van der Waals surface area contributed by atoms with E-state index in [1.165, 1.54) is 5.56 Å². The number of benzene rings is 2. The molecule has 0 radical (unpaired) electrons. The first-order valence-corrected chi connectivity index (χ1v) is 11.2. The second-order valence-electron chi connectivity index (χ2n) is 10.7. The van der Waals surface area contributed by atoms with Crippen LogP contribution in [0.15, 0.2) is 54.6 Å². The molecule has 0 aliphatic heterocycles. The van der Waals surface area contributed by atoms with E-state index >= 15 is 0 Å². The highest BCUT2D eigenvalue weighted by Gasteiger charge is 2.29. The third kappa shape index (κ3) is 6.16. The molecule has 33 heavy (non-hydrogen) atoms. The molecule has 3 rings (SSSR count). The van der Waals surface area contributed by atoms with E-state index in [-0.39, 0.29) is 16.5 Å². The van der Waals surface area contributed by atoms with Crippen LogP contribution in [0.3, 0.4) is 0 Å². The van der Waals surface area contributed by atoms with E-state index in [1.54, 1.807) is 0 Å². The fourth-order valence-corrected chi connectivity index (χ4v) is 3.74. The van der Waals surface area contributed by atoms with Crippen molar-refractivity contribution in [1.29, 1.82) is 0 Å². The van der Waals surface area contributed by atoms with Crippen LogP contribution < -0.4 is 0 Å². The molecule has 1 N–H and O–H groups in total. The molecule has 0 fully saturated rings. The lowest BCUT2D eigenvalue weighted by Crippen LogP contribution is -2.12. The number of H-pyrrole nitrogens is 1. The summed E-state index contributed by atoms with van der Waals surface area (Å²) in [4.78, 5) is 15.9. The lowest BCUT2D eigenvalue weighted by atomic mass is 9.86. The SMILES string of the molecule is CC(C)(C)c1ccc(-c2cc(-c3ccc(C(C)(C)C)cc3)c(C(=O)CCC(F)(F)F)[nH]2)cc1. The van der Waals surface area contributed by atoms with E-state index in [9.17, 15) is 18.0 Å². The van der Waals surface area contributed by atoms with Gasteiger partial charge in [0.05, 0.1) is 12.1 Å². The molecular weight excluding hydrogens is 423 g/mol. The zero-order chi connectivity index (χ0) is 24.6. The maximum Gasteiger partial charge on any atom is 0.389 e. The fourth-order valence-electron chi connectivity index (χ4n) is 3.74. The highest BCUT2D eigenvalue weighted by Crippen LogP contribution is 2.34. The van der Waals surface area contributed by atoms with Gasteiger partial charge in [0.1, 0.15) is 0 Å². The van der Waals surface area contributed by atoms with E-state index in [0.29, 0.717) is 11.3 Å². The van der Waals surface area contributed by atoms with Crippen LogP contribution >= 0.6 is 0 Å².